The monoisotopic (exact) mass is 310 g/mol. The van der Waals surface area contributed by atoms with E-state index in [1.807, 2.05) is 24.3 Å². The van der Waals surface area contributed by atoms with Gasteiger partial charge in [-0.1, -0.05) is 61.0 Å². The SMILES string of the molecule is CCC(CCl)(Cc1cccc(F)c1Cl)c1ccccc1. The maximum absolute atomic E-state index is 13.6. The number of benzene rings is 2. The molecular weight excluding hydrogens is 294 g/mol. The van der Waals surface area contributed by atoms with Crippen molar-refractivity contribution >= 4 is 23.2 Å². The third-order valence-electron chi connectivity index (χ3n) is 3.88. The summed E-state index contributed by atoms with van der Waals surface area (Å²) in [5.41, 5.74) is 1.75. The van der Waals surface area contributed by atoms with Crippen LogP contribution in [0.15, 0.2) is 48.5 Å². The van der Waals surface area contributed by atoms with Crippen molar-refractivity contribution < 1.29 is 4.39 Å². The molecule has 0 amide bonds. The lowest BCUT2D eigenvalue weighted by molar-refractivity contribution is 0.457. The number of alkyl halides is 1. The molecule has 0 aromatic heterocycles. The second kappa shape index (κ2) is 6.60. The molecule has 0 aliphatic heterocycles. The summed E-state index contributed by atoms with van der Waals surface area (Å²) in [7, 11) is 0. The van der Waals surface area contributed by atoms with E-state index in [-0.39, 0.29) is 16.3 Å². The van der Waals surface area contributed by atoms with E-state index in [1.54, 1.807) is 6.07 Å². The molecule has 20 heavy (non-hydrogen) atoms. The summed E-state index contributed by atoms with van der Waals surface area (Å²) < 4.78 is 13.6. The summed E-state index contributed by atoms with van der Waals surface area (Å²) in [5, 5.41) is 0.200. The first kappa shape index (κ1) is 15.3. The molecule has 106 valence electrons. The van der Waals surface area contributed by atoms with Gasteiger partial charge >= 0.3 is 0 Å². The second-order valence-corrected chi connectivity index (χ2v) is 5.67. The summed E-state index contributed by atoms with van der Waals surface area (Å²) in [6.45, 7) is 2.10. The quantitative estimate of drug-likeness (QED) is 0.630. The molecule has 0 nitrogen and oxygen atoms in total. The van der Waals surface area contributed by atoms with Gasteiger partial charge in [0, 0.05) is 11.3 Å². The van der Waals surface area contributed by atoms with E-state index in [2.05, 4.69) is 19.1 Å². The maximum atomic E-state index is 13.6. The molecule has 1 atom stereocenters. The van der Waals surface area contributed by atoms with Crippen molar-refractivity contribution in [2.24, 2.45) is 0 Å². The van der Waals surface area contributed by atoms with Crippen LogP contribution in [0.5, 0.6) is 0 Å². The lowest BCUT2D eigenvalue weighted by Gasteiger charge is -2.32. The third kappa shape index (κ3) is 2.99. The van der Waals surface area contributed by atoms with E-state index >= 15 is 0 Å². The fraction of sp³-hybridized carbons (Fsp3) is 0.294. The zero-order valence-corrected chi connectivity index (χ0v) is 12.9. The summed E-state index contributed by atoms with van der Waals surface area (Å²) in [6.07, 6.45) is 1.50. The van der Waals surface area contributed by atoms with Gasteiger partial charge in [0.1, 0.15) is 5.82 Å². The molecule has 2 aromatic rings. The van der Waals surface area contributed by atoms with E-state index in [0.717, 1.165) is 17.5 Å². The molecular formula is C17H17Cl2F. The smallest absolute Gasteiger partial charge is 0.142 e. The minimum Gasteiger partial charge on any atom is -0.205 e. The molecule has 0 radical (unpaired) electrons. The first-order valence-electron chi connectivity index (χ1n) is 6.67. The normalized spacial score (nSPS) is 14.0. The van der Waals surface area contributed by atoms with Crippen LogP contribution in [0.3, 0.4) is 0 Å². The standard InChI is InChI=1S/C17H17Cl2F/c1-2-17(12-18,14-8-4-3-5-9-14)11-13-7-6-10-15(20)16(13)19/h3-10H,2,11-12H2,1H3. The predicted molar refractivity (Wildman–Crippen MR) is 84.2 cm³/mol. The van der Waals surface area contributed by atoms with E-state index < -0.39 is 0 Å². The fourth-order valence-corrected chi connectivity index (χ4v) is 3.12. The number of hydrogen-bond donors (Lipinski definition) is 0. The molecule has 0 saturated heterocycles. The first-order valence-corrected chi connectivity index (χ1v) is 7.58. The van der Waals surface area contributed by atoms with Crippen LogP contribution in [0.25, 0.3) is 0 Å². The van der Waals surface area contributed by atoms with E-state index in [1.165, 1.54) is 6.07 Å². The van der Waals surface area contributed by atoms with Gasteiger partial charge in [0.15, 0.2) is 0 Å². The molecule has 2 aromatic carbocycles. The molecule has 0 fully saturated rings. The van der Waals surface area contributed by atoms with E-state index in [9.17, 15) is 4.39 Å². The van der Waals surface area contributed by atoms with Crippen LogP contribution >= 0.6 is 23.2 Å². The van der Waals surface area contributed by atoms with Crippen molar-refractivity contribution in [2.75, 3.05) is 5.88 Å². The fourth-order valence-electron chi connectivity index (χ4n) is 2.49. The van der Waals surface area contributed by atoms with Crippen molar-refractivity contribution in [2.45, 2.75) is 25.2 Å². The highest BCUT2D eigenvalue weighted by Crippen LogP contribution is 2.35. The van der Waals surface area contributed by atoms with Gasteiger partial charge in [-0.05, 0) is 30.0 Å². The van der Waals surface area contributed by atoms with E-state index in [4.69, 9.17) is 23.2 Å². The Balaban J connectivity index is 2.42. The summed E-state index contributed by atoms with van der Waals surface area (Å²) >= 11 is 12.3. The molecule has 1 unspecified atom stereocenters. The molecule has 0 saturated carbocycles. The average molecular weight is 311 g/mol. The number of rotatable bonds is 5. The molecule has 0 spiro atoms. The highest BCUT2D eigenvalue weighted by Gasteiger charge is 2.30. The number of halogens is 3. The molecule has 0 heterocycles. The first-order chi connectivity index (χ1) is 9.63. The Labute approximate surface area is 129 Å². The van der Waals surface area contributed by atoms with Crippen molar-refractivity contribution in [1.82, 2.24) is 0 Å². The van der Waals surface area contributed by atoms with Gasteiger partial charge in [0.25, 0.3) is 0 Å². The maximum Gasteiger partial charge on any atom is 0.142 e. The highest BCUT2D eigenvalue weighted by molar-refractivity contribution is 6.31. The van der Waals surface area contributed by atoms with Crippen LogP contribution < -0.4 is 0 Å². The van der Waals surface area contributed by atoms with Gasteiger partial charge in [-0.25, -0.2) is 4.39 Å². The Morgan fingerprint density at radius 1 is 1.05 bits per heavy atom. The summed E-state index contributed by atoms with van der Waals surface area (Å²) in [4.78, 5) is 0. The topological polar surface area (TPSA) is 0 Å². The van der Waals surface area contributed by atoms with Gasteiger partial charge < -0.3 is 0 Å². The van der Waals surface area contributed by atoms with Crippen molar-refractivity contribution in [1.29, 1.82) is 0 Å². The van der Waals surface area contributed by atoms with Crippen LogP contribution in [-0.2, 0) is 11.8 Å². The van der Waals surface area contributed by atoms with Gasteiger partial charge in [-0.2, -0.15) is 0 Å². The van der Waals surface area contributed by atoms with Gasteiger partial charge in [-0.15, -0.1) is 11.6 Å². The molecule has 0 bridgehead atoms. The summed E-state index contributed by atoms with van der Waals surface area (Å²) in [5.74, 6) is 0.0946. The third-order valence-corrected chi connectivity index (χ3v) is 4.81. The van der Waals surface area contributed by atoms with Crippen LogP contribution in [0.1, 0.15) is 24.5 Å². The van der Waals surface area contributed by atoms with Gasteiger partial charge in [-0.3, -0.25) is 0 Å². The molecule has 0 aliphatic rings. The Bertz CT molecular complexity index is 562. The Morgan fingerprint density at radius 2 is 1.75 bits per heavy atom. The van der Waals surface area contributed by atoms with Crippen LogP contribution in [-0.4, -0.2) is 5.88 Å². The summed E-state index contributed by atoms with van der Waals surface area (Å²) in [6, 6.07) is 15.1. The zero-order valence-electron chi connectivity index (χ0n) is 11.4. The molecule has 0 aliphatic carbocycles. The minimum atomic E-state index is -0.378. The molecule has 2 rings (SSSR count). The Morgan fingerprint density at radius 3 is 2.35 bits per heavy atom. The molecule has 0 N–H and O–H groups in total. The Hall–Kier alpha value is -1.05. The highest BCUT2D eigenvalue weighted by atomic mass is 35.5. The zero-order chi connectivity index (χ0) is 14.6. The van der Waals surface area contributed by atoms with Crippen molar-refractivity contribution in [3.63, 3.8) is 0 Å². The number of hydrogen-bond acceptors (Lipinski definition) is 0. The average Bonchev–Trinajstić information content (AvgIpc) is 2.50. The van der Waals surface area contributed by atoms with Crippen LogP contribution in [0.2, 0.25) is 5.02 Å². The van der Waals surface area contributed by atoms with Crippen LogP contribution in [0.4, 0.5) is 4.39 Å². The largest absolute Gasteiger partial charge is 0.205 e. The lowest BCUT2D eigenvalue weighted by atomic mass is 9.75. The van der Waals surface area contributed by atoms with Crippen molar-refractivity contribution in [3.05, 3.63) is 70.5 Å². The minimum absolute atomic E-state index is 0.200. The second-order valence-electron chi connectivity index (χ2n) is 5.02. The predicted octanol–water partition coefficient (Wildman–Crippen LogP) is 5.61. The van der Waals surface area contributed by atoms with Gasteiger partial charge in [0.05, 0.1) is 5.02 Å². The van der Waals surface area contributed by atoms with Crippen LogP contribution in [0, 0.1) is 5.82 Å². The Kier molecular flexibility index (Phi) is 5.06. The van der Waals surface area contributed by atoms with Gasteiger partial charge in [0.2, 0.25) is 0 Å². The van der Waals surface area contributed by atoms with E-state index in [0.29, 0.717) is 12.3 Å². The lowest BCUT2D eigenvalue weighted by Crippen LogP contribution is -2.30. The molecule has 3 heteroatoms. The van der Waals surface area contributed by atoms with Crippen molar-refractivity contribution in [3.8, 4) is 0 Å².